The Morgan fingerprint density at radius 1 is 1.00 bits per heavy atom. The Hall–Kier alpha value is -1.12. The van der Waals surface area contributed by atoms with E-state index in [2.05, 4.69) is 78.4 Å². The first-order valence-corrected chi connectivity index (χ1v) is 7.33. The molecule has 2 aromatic rings. The molecule has 0 bridgehead atoms. The van der Waals surface area contributed by atoms with Gasteiger partial charge in [-0.1, -0.05) is 51.8 Å². The van der Waals surface area contributed by atoms with Crippen LogP contribution in [0.3, 0.4) is 0 Å². The summed E-state index contributed by atoms with van der Waals surface area (Å²) >= 11 is 3.62. The fourth-order valence-corrected chi connectivity index (χ4v) is 2.95. The zero-order valence-electron chi connectivity index (χ0n) is 11.9. The predicted octanol–water partition coefficient (Wildman–Crippen LogP) is 4.68. The van der Waals surface area contributed by atoms with Gasteiger partial charge in [0, 0.05) is 4.47 Å². The van der Waals surface area contributed by atoms with E-state index < -0.39 is 0 Å². The average molecular weight is 318 g/mol. The van der Waals surface area contributed by atoms with Gasteiger partial charge in [0.05, 0.1) is 6.04 Å². The lowest BCUT2D eigenvalue weighted by atomic mass is 9.91. The summed E-state index contributed by atoms with van der Waals surface area (Å²) in [6, 6.07) is 13.3. The van der Waals surface area contributed by atoms with Gasteiger partial charge >= 0.3 is 0 Å². The van der Waals surface area contributed by atoms with E-state index >= 15 is 0 Å². The highest BCUT2D eigenvalue weighted by Gasteiger charge is 2.17. The van der Waals surface area contributed by atoms with Crippen LogP contribution in [0.15, 0.2) is 40.9 Å². The minimum absolute atomic E-state index is 0.234. The molecule has 0 saturated heterocycles. The molecule has 0 aliphatic carbocycles. The Labute approximate surface area is 124 Å². The van der Waals surface area contributed by atoms with Crippen molar-refractivity contribution in [1.29, 1.82) is 0 Å². The lowest BCUT2D eigenvalue weighted by molar-refractivity contribution is 0.682. The minimum Gasteiger partial charge on any atom is -0.309 e. The standard InChI is InChI=1S/C17H20BrN/c1-11-8-9-14(12(2)10-11)17(19-4)15-6-5-7-16(18)13(15)3/h5-10,17,19H,1-4H3. The minimum atomic E-state index is 0.234. The Balaban J connectivity index is 2.53. The quantitative estimate of drug-likeness (QED) is 0.866. The largest absolute Gasteiger partial charge is 0.309 e. The van der Waals surface area contributed by atoms with E-state index in [4.69, 9.17) is 0 Å². The number of halogens is 1. The molecule has 0 fully saturated rings. The van der Waals surface area contributed by atoms with Gasteiger partial charge in [-0.2, -0.15) is 0 Å². The summed E-state index contributed by atoms with van der Waals surface area (Å²) in [6.07, 6.45) is 0. The Bertz CT molecular complexity index is 590. The monoisotopic (exact) mass is 317 g/mol. The summed E-state index contributed by atoms with van der Waals surface area (Å²) < 4.78 is 1.16. The molecule has 19 heavy (non-hydrogen) atoms. The summed E-state index contributed by atoms with van der Waals surface area (Å²) in [6.45, 7) is 6.47. The molecule has 1 atom stereocenters. The summed E-state index contributed by atoms with van der Waals surface area (Å²) in [4.78, 5) is 0. The van der Waals surface area contributed by atoms with Crippen molar-refractivity contribution < 1.29 is 0 Å². The van der Waals surface area contributed by atoms with E-state index in [1.165, 1.54) is 27.8 Å². The Kier molecular flexibility index (Phi) is 4.43. The number of aryl methyl sites for hydroxylation is 2. The number of rotatable bonds is 3. The molecule has 0 aromatic heterocycles. The highest BCUT2D eigenvalue weighted by Crippen LogP contribution is 2.30. The first-order valence-electron chi connectivity index (χ1n) is 6.54. The molecular weight excluding hydrogens is 298 g/mol. The topological polar surface area (TPSA) is 12.0 Å². The van der Waals surface area contributed by atoms with Gasteiger partial charge in [0.25, 0.3) is 0 Å². The summed E-state index contributed by atoms with van der Waals surface area (Å²) in [5.74, 6) is 0. The number of hydrogen-bond donors (Lipinski definition) is 1. The molecule has 2 rings (SSSR count). The summed E-state index contributed by atoms with van der Waals surface area (Å²) in [5, 5.41) is 3.44. The third-order valence-corrected chi connectivity index (χ3v) is 4.50. The van der Waals surface area contributed by atoms with Crippen LogP contribution < -0.4 is 5.32 Å². The molecule has 0 spiro atoms. The molecule has 0 aliphatic heterocycles. The van der Waals surface area contributed by atoms with Crippen LogP contribution >= 0.6 is 15.9 Å². The van der Waals surface area contributed by atoms with E-state index in [0.717, 1.165) is 4.47 Å². The van der Waals surface area contributed by atoms with Gasteiger partial charge in [0.2, 0.25) is 0 Å². The second kappa shape index (κ2) is 5.89. The fourth-order valence-electron chi connectivity index (χ4n) is 2.56. The van der Waals surface area contributed by atoms with Crippen LogP contribution in [0, 0.1) is 20.8 Å². The normalized spacial score (nSPS) is 12.5. The smallest absolute Gasteiger partial charge is 0.0579 e. The summed E-state index contributed by atoms with van der Waals surface area (Å²) in [5.41, 5.74) is 6.60. The van der Waals surface area contributed by atoms with Crippen molar-refractivity contribution in [2.24, 2.45) is 0 Å². The van der Waals surface area contributed by atoms with E-state index in [1.807, 2.05) is 7.05 Å². The fraction of sp³-hybridized carbons (Fsp3) is 0.294. The first-order chi connectivity index (χ1) is 9.04. The highest BCUT2D eigenvalue weighted by atomic mass is 79.9. The van der Waals surface area contributed by atoms with Crippen LogP contribution in [0.1, 0.15) is 33.9 Å². The van der Waals surface area contributed by atoms with Crippen molar-refractivity contribution >= 4 is 15.9 Å². The lowest BCUT2D eigenvalue weighted by Crippen LogP contribution is -2.19. The second-order valence-corrected chi connectivity index (χ2v) is 5.89. The number of hydrogen-bond acceptors (Lipinski definition) is 1. The second-order valence-electron chi connectivity index (χ2n) is 5.04. The van der Waals surface area contributed by atoms with Gasteiger partial charge < -0.3 is 5.32 Å². The van der Waals surface area contributed by atoms with Crippen molar-refractivity contribution in [2.45, 2.75) is 26.8 Å². The maximum Gasteiger partial charge on any atom is 0.0579 e. The van der Waals surface area contributed by atoms with Gasteiger partial charge in [0.1, 0.15) is 0 Å². The first kappa shape index (κ1) is 14.3. The van der Waals surface area contributed by atoms with Gasteiger partial charge in [-0.3, -0.25) is 0 Å². The molecule has 0 aliphatic rings. The van der Waals surface area contributed by atoms with Crippen LogP contribution in [0.5, 0.6) is 0 Å². The van der Waals surface area contributed by atoms with Crippen molar-refractivity contribution in [3.63, 3.8) is 0 Å². The van der Waals surface area contributed by atoms with Gasteiger partial charge in [-0.25, -0.2) is 0 Å². The zero-order chi connectivity index (χ0) is 14.0. The Morgan fingerprint density at radius 3 is 2.37 bits per heavy atom. The lowest BCUT2D eigenvalue weighted by Gasteiger charge is -2.22. The molecule has 2 heteroatoms. The maximum atomic E-state index is 3.62. The zero-order valence-corrected chi connectivity index (χ0v) is 13.5. The van der Waals surface area contributed by atoms with E-state index in [0.29, 0.717) is 0 Å². The highest BCUT2D eigenvalue weighted by molar-refractivity contribution is 9.10. The molecule has 1 N–H and O–H groups in total. The SMILES string of the molecule is CNC(c1ccc(C)cc1C)c1cccc(Br)c1C. The summed E-state index contributed by atoms with van der Waals surface area (Å²) in [7, 11) is 2.02. The van der Waals surface area contributed by atoms with Crippen molar-refractivity contribution in [3.8, 4) is 0 Å². The predicted molar refractivity (Wildman–Crippen MR) is 85.7 cm³/mol. The van der Waals surface area contributed by atoms with Crippen molar-refractivity contribution in [2.75, 3.05) is 7.05 Å². The average Bonchev–Trinajstić information content (AvgIpc) is 2.37. The molecule has 0 saturated carbocycles. The number of benzene rings is 2. The molecule has 0 radical (unpaired) electrons. The van der Waals surface area contributed by atoms with E-state index in [-0.39, 0.29) is 6.04 Å². The third kappa shape index (κ3) is 2.90. The molecule has 0 heterocycles. The molecule has 1 nitrogen and oxygen atoms in total. The molecule has 2 aromatic carbocycles. The van der Waals surface area contributed by atoms with Crippen molar-refractivity contribution in [1.82, 2.24) is 5.32 Å². The third-order valence-electron chi connectivity index (χ3n) is 3.65. The molecule has 0 amide bonds. The van der Waals surface area contributed by atoms with Crippen LogP contribution in [0.2, 0.25) is 0 Å². The van der Waals surface area contributed by atoms with Crippen LogP contribution in [0.25, 0.3) is 0 Å². The number of nitrogens with one attached hydrogen (secondary N) is 1. The van der Waals surface area contributed by atoms with Gasteiger partial charge in [-0.15, -0.1) is 0 Å². The van der Waals surface area contributed by atoms with Crippen molar-refractivity contribution in [3.05, 3.63) is 68.7 Å². The van der Waals surface area contributed by atoms with Crippen LogP contribution in [-0.2, 0) is 0 Å². The van der Waals surface area contributed by atoms with Crippen LogP contribution in [-0.4, -0.2) is 7.05 Å². The Morgan fingerprint density at radius 2 is 1.74 bits per heavy atom. The van der Waals surface area contributed by atoms with E-state index in [1.54, 1.807) is 0 Å². The van der Waals surface area contributed by atoms with Gasteiger partial charge in [0.15, 0.2) is 0 Å². The molecular formula is C17H20BrN. The molecule has 1 unspecified atom stereocenters. The van der Waals surface area contributed by atoms with E-state index in [9.17, 15) is 0 Å². The van der Waals surface area contributed by atoms with Crippen LogP contribution in [0.4, 0.5) is 0 Å². The van der Waals surface area contributed by atoms with Gasteiger partial charge in [-0.05, 0) is 56.1 Å². The maximum absolute atomic E-state index is 3.62. The molecule has 100 valence electrons.